The molecule has 0 bridgehead atoms. The van der Waals surface area contributed by atoms with E-state index in [4.69, 9.17) is 4.74 Å². The molecule has 0 aliphatic rings. The van der Waals surface area contributed by atoms with Crippen LogP contribution in [0.5, 0.6) is 0 Å². The van der Waals surface area contributed by atoms with Gasteiger partial charge in [-0.1, -0.05) is 19.1 Å². The minimum absolute atomic E-state index is 0.0949. The molecule has 1 amide bonds. The second-order valence-electron chi connectivity index (χ2n) is 5.15. The molecule has 1 aromatic carbocycles. The molecule has 6 heteroatoms. The quantitative estimate of drug-likeness (QED) is 0.580. The molecule has 1 heterocycles. The molecule has 0 radical (unpaired) electrons. The number of benzene rings is 1. The second-order valence-corrected chi connectivity index (χ2v) is 7.53. The summed E-state index contributed by atoms with van der Waals surface area (Å²) in [6.07, 6.45) is 0.308. The highest BCUT2D eigenvalue weighted by atomic mass is 32.2. The molecule has 0 spiro atoms. The van der Waals surface area contributed by atoms with Crippen LogP contribution in [0.2, 0.25) is 0 Å². The smallest absolute Gasteiger partial charge is 0.348 e. The Labute approximate surface area is 150 Å². The SMILES string of the molecule is CCOC(=O)c1sc(NC(=O)Cc2ccc(SCC)cc2)cc1C. The molecule has 24 heavy (non-hydrogen) atoms. The summed E-state index contributed by atoms with van der Waals surface area (Å²) in [7, 11) is 0. The Morgan fingerprint density at radius 3 is 2.54 bits per heavy atom. The number of rotatable bonds is 7. The maximum absolute atomic E-state index is 12.2. The average molecular weight is 364 g/mol. The number of thioether (sulfide) groups is 1. The minimum atomic E-state index is -0.343. The number of aryl methyl sites for hydroxylation is 1. The van der Waals surface area contributed by atoms with Gasteiger partial charge in [0.2, 0.25) is 5.91 Å². The first-order valence-electron chi connectivity index (χ1n) is 7.82. The van der Waals surface area contributed by atoms with Gasteiger partial charge >= 0.3 is 5.97 Å². The van der Waals surface area contributed by atoms with E-state index in [2.05, 4.69) is 12.2 Å². The first-order chi connectivity index (χ1) is 11.5. The largest absolute Gasteiger partial charge is 0.462 e. The summed E-state index contributed by atoms with van der Waals surface area (Å²) in [5.41, 5.74) is 1.78. The molecular formula is C18H21NO3S2. The van der Waals surface area contributed by atoms with E-state index in [-0.39, 0.29) is 11.9 Å². The van der Waals surface area contributed by atoms with Crippen molar-refractivity contribution in [3.05, 3.63) is 46.3 Å². The van der Waals surface area contributed by atoms with E-state index in [9.17, 15) is 9.59 Å². The molecule has 2 aromatic rings. The molecule has 0 saturated carbocycles. The van der Waals surface area contributed by atoms with E-state index < -0.39 is 0 Å². The van der Waals surface area contributed by atoms with Crippen LogP contribution in [0.1, 0.15) is 34.6 Å². The Morgan fingerprint density at radius 1 is 1.21 bits per heavy atom. The van der Waals surface area contributed by atoms with Gasteiger partial charge in [-0.2, -0.15) is 0 Å². The fourth-order valence-electron chi connectivity index (χ4n) is 2.18. The van der Waals surface area contributed by atoms with Gasteiger partial charge in [-0.25, -0.2) is 4.79 Å². The maximum atomic E-state index is 12.2. The van der Waals surface area contributed by atoms with Crippen molar-refractivity contribution < 1.29 is 14.3 Å². The second kappa shape index (κ2) is 8.89. The third kappa shape index (κ3) is 5.11. The summed E-state index contributed by atoms with van der Waals surface area (Å²) in [5.74, 6) is 0.590. The molecule has 0 unspecified atom stereocenters. The van der Waals surface area contributed by atoms with Crippen LogP contribution in [0.15, 0.2) is 35.2 Å². The normalized spacial score (nSPS) is 10.5. The maximum Gasteiger partial charge on any atom is 0.348 e. The highest BCUT2D eigenvalue weighted by Crippen LogP contribution is 2.27. The number of nitrogens with one attached hydrogen (secondary N) is 1. The van der Waals surface area contributed by atoms with Gasteiger partial charge in [-0.05, 0) is 48.9 Å². The van der Waals surface area contributed by atoms with Crippen LogP contribution in [0.25, 0.3) is 0 Å². The predicted octanol–water partition coefficient (Wildman–Crippen LogP) is 4.53. The van der Waals surface area contributed by atoms with Crippen molar-refractivity contribution in [2.45, 2.75) is 32.1 Å². The minimum Gasteiger partial charge on any atom is -0.462 e. The topological polar surface area (TPSA) is 55.4 Å². The Hall–Kier alpha value is -1.79. The van der Waals surface area contributed by atoms with Gasteiger partial charge < -0.3 is 10.1 Å². The van der Waals surface area contributed by atoms with Gasteiger partial charge in [-0.15, -0.1) is 23.1 Å². The lowest BCUT2D eigenvalue weighted by molar-refractivity contribution is -0.115. The summed E-state index contributed by atoms with van der Waals surface area (Å²) in [5, 5.41) is 3.52. The first-order valence-corrected chi connectivity index (χ1v) is 9.62. The van der Waals surface area contributed by atoms with Crippen LogP contribution in [0, 0.1) is 6.92 Å². The van der Waals surface area contributed by atoms with Gasteiger partial charge in [0.05, 0.1) is 18.0 Å². The Balaban J connectivity index is 1.97. The Kier molecular flexibility index (Phi) is 6.87. The number of carbonyl (C=O) groups excluding carboxylic acids is 2. The number of hydrogen-bond donors (Lipinski definition) is 1. The van der Waals surface area contributed by atoms with Crippen LogP contribution in [0.4, 0.5) is 5.00 Å². The van der Waals surface area contributed by atoms with E-state index in [1.807, 2.05) is 31.2 Å². The van der Waals surface area contributed by atoms with E-state index in [1.54, 1.807) is 24.8 Å². The third-order valence-corrected chi connectivity index (χ3v) is 5.27. The van der Waals surface area contributed by atoms with Crippen LogP contribution in [-0.2, 0) is 16.0 Å². The van der Waals surface area contributed by atoms with Gasteiger partial charge in [0.25, 0.3) is 0 Å². The van der Waals surface area contributed by atoms with Gasteiger partial charge in [-0.3, -0.25) is 4.79 Å². The number of thiophene rings is 1. The predicted molar refractivity (Wildman–Crippen MR) is 100 cm³/mol. The summed E-state index contributed by atoms with van der Waals surface area (Å²) >= 11 is 3.02. The number of hydrogen-bond acceptors (Lipinski definition) is 5. The highest BCUT2D eigenvalue weighted by Gasteiger charge is 2.16. The first kappa shape index (κ1) is 18.5. The van der Waals surface area contributed by atoms with Crippen LogP contribution in [-0.4, -0.2) is 24.2 Å². The molecule has 1 N–H and O–H groups in total. The Bertz CT molecular complexity index is 708. The number of anilines is 1. The van der Waals surface area contributed by atoms with Gasteiger partial charge in [0.1, 0.15) is 4.88 Å². The number of carbonyl (C=O) groups is 2. The summed E-state index contributed by atoms with van der Waals surface area (Å²) in [6, 6.07) is 9.81. The molecule has 1 aromatic heterocycles. The number of amides is 1. The van der Waals surface area contributed by atoms with Gasteiger partial charge in [0.15, 0.2) is 0 Å². The standard InChI is InChI=1S/C18H21NO3S2/c1-4-22-18(21)17-12(3)10-16(24-17)19-15(20)11-13-6-8-14(9-7-13)23-5-2/h6-10H,4-5,11H2,1-3H3,(H,19,20). The van der Waals surface area contributed by atoms with E-state index >= 15 is 0 Å². The molecule has 128 valence electrons. The third-order valence-electron chi connectivity index (χ3n) is 3.24. The van der Waals surface area contributed by atoms with Gasteiger partial charge in [0, 0.05) is 4.90 Å². The molecule has 0 fully saturated rings. The lowest BCUT2D eigenvalue weighted by atomic mass is 10.1. The van der Waals surface area contributed by atoms with Crippen molar-refractivity contribution in [3.63, 3.8) is 0 Å². The summed E-state index contributed by atoms with van der Waals surface area (Å²) in [4.78, 5) is 25.7. The number of esters is 1. The fourth-order valence-corrected chi connectivity index (χ4v) is 3.82. The molecule has 2 rings (SSSR count). The van der Waals surface area contributed by atoms with E-state index in [0.29, 0.717) is 22.9 Å². The molecule has 4 nitrogen and oxygen atoms in total. The van der Waals surface area contributed by atoms with E-state index in [0.717, 1.165) is 16.9 Å². The lowest BCUT2D eigenvalue weighted by Gasteiger charge is -2.04. The number of ether oxygens (including phenoxy) is 1. The molecule has 0 saturated heterocycles. The molecule has 0 atom stereocenters. The zero-order chi connectivity index (χ0) is 17.5. The van der Waals surface area contributed by atoms with Crippen molar-refractivity contribution in [1.29, 1.82) is 0 Å². The van der Waals surface area contributed by atoms with Crippen LogP contribution < -0.4 is 5.32 Å². The monoisotopic (exact) mass is 363 g/mol. The summed E-state index contributed by atoms with van der Waals surface area (Å²) < 4.78 is 5.01. The van der Waals surface area contributed by atoms with Crippen LogP contribution in [0.3, 0.4) is 0 Å². The van der Waals surface area contributed by atoms with Crippen LogP contribution >= 0.6 is 23.1 Å². The van der Waals surface area contributed by atoms with Crippen molar-refractivity contribution in [2.24, 2.45) is 0 Å². The average Bonchev–Trinajstić information content (AvgIpc) is 2.90. The zero-order valence-corrected chi connectivity index (χ0v) is 15.7. The Morgan fingerprint density at radius 2 is 1.92 bits per heavy atom. The zero-order valence-electron chi connectivity index (χ0n) is 14.0. The van der Waals surface area contributed by atoms with Crippen molar-refractivity contribution >= 4 is 40.0 Å². The van der Waals surface area contributed by atoms with Crippen molar-refractivity contribution in [1.82, 2.24) is 0 Å². The molecular weight excluding hydrogens is 342 g/mol. The fraction of sp³-hybridized carbons (Fsp3) is 0.333. The van der Waals surface area contributed by atoms with Crippen molar-refractivity contribution in [3.8, 4) is 0 Å². The van der Waals surface area contributed by atoms with E-state index in [1.165, 1.54) is 16.2 Å². The van der Waals surface area contributed by atoms with Crippen molar-refractivity contribution in [2.75, 3.05) is 17.7 Å². The highest BCUT2D eigenvalue weighted by molar-refractivity contribution is 7.99. The molecule has 0 aliphatic heterocycles. The lowest BCUT2D eigenvalue weighted by Crippen LogP contribution is -2.13. The summed E-state index contributed by atoms with van der Waals surface area (Å²) in [6.45, 7) is 6.06. The molecule has 0 aliphatic carbocycles.